The first-order valence-corrected chi connectivity index (χ1v) is 6.65. The van der Waals surface area contributed by atoms with Crippen molar-refractivity contribution in [1.82, 2.24) is 10.2 Å². The number of benzene rings is 1. The Morgan fingerprint density at radius 2 is 2.00 bits per heavy atom. The van der Waals surface area contributed by atoms with Gasteiger partial charge in [0, 0.05) is 25.7 Å². The minimum Gasteiger partial charge on any atom is -0.379 e. The van der Waals surface area contributed by atoms with Gasteiger partial charge < -0.3 is 10.1 Å². The zero-order valence-electron chi connectivity index (χ0n) is 11.4. The molecule has 112 valence electrons. The first kappa shape index (κ1) is 15.3. The molecular formula is C14H19F3N2O. The van der Waals surface area contributed by atoms with E-state index in [1.54, 1.807) is 13.1 Å². The summed E-state index contributed by atoms with van der Waals surface area (Å²) in [6.07, 6.45) is -4.30. The maximum atomic E-state index is 12.7. The van der Waals surface area contributed by atoms with Gasteiger partial charge in [0.25, 0.3) is 0 Å². The molecule has 1 N–H and O–H groups in total. The second-order valence-electron chi connectivity index (χ2n) is 4.88. The molecular weight excluding hydrogens is 269 g/mol. The molecule has 1 saturated heterocycles. The summed E-state index contributed by atoms with van der Waals surface area (Å²) in [5.74, 6) is 0. The molecule has 1 atom stereocenters. The highest BCUT2D eigenvalue weighted by Crippen LogP contribution is 2.30. The van der Waals surface area contributed by atoms with E-state index in [-0.39, 0.29) is 6.04 Å². The molecule has 20 heavy (non-hydrogen) atoms. The van der Waals surface area contributed by atoms with Crippen LogP contribution in [-0.4, -0.2) is 44.8 Å². The number of ether oxygens (including phenoxy) is 1. The van der Waals surface area contributed by atoms with Crippen LogP contribution in [0.2, 0.25) is 0 Å². The molecule has 1 unspecified atom stereocenters. The largest absolute Gasteiger partial charge is 0.416 e. The van der Waals surface area contributed by atoms with Crippen molar-refractivity contribution in [1.29, 1.82) is 0 Å². The van der Waals surface area contributed by atoms with Crippen LogP contribution < -0.4 is 5.32 Å². The fourth-order valence-electron chi connectivity index (χ4n) is 2.34. The quantitative estimate of drug-likeness (QED) is 0.920. The predicted octanol–water partition coefficient (Wildman–Crippen LogP) is 2.30. The minimum absolute atomic E-state index is 0.115. The van der Waals surface area contributed by atoms with Crippen molar-refractivity contribution in [2.75, 3.05) is 39.9 Å². The van der Waals surface area contributed by atoms with Crippen molar-refractivity contribution in [2.24, 2.45) is 0 Å². The van der Waals surface area contributed by atoms with E-state index in [2.05, 4.69) is 10.2 Å². The van der Waals surface area contributed by atoms with Gasteiger partial charge in [-0.1, -0.05) is 12.1 Å². The van der Waals surface area contributed by atoms with E-state index in [1.165, 1.54) is 12.1 Å². The molecule has 0 spiro atoms. The van der Waals surface area contributed by atoms with E-state index in [1.807, 2.05) is 0 Å². The lowest BCUT2D eigenvalue weighted by molar-refractivity contribution is -0.137. The molecule has 1 aliphatic heterocycles. The van der Waals surface area contributed by atoms with Crippen LogP contribution in [0.3, 0.4) is 0 Å². The van der Waals surface area contributed by atoms with Crippen molar-refractivity contribution in [3.05, 3.63) is 35.4 Å². The van der Waals surface area contributed by atoms with Gasteiger partial charge in [0.1, 0.15) is 0 Å². The van der Waals surface area contributed by atoms with Crippen LogP contribution in [0.5, 0.6) is 0 Å². The lowest BCUT2D eigenvalue weighted by Gasteiger charge is -2.30. The molecule has 3 nitrogen and oxygen atoms in total. The van der Waals surface area contributed by atoms with Crippen LogP contribution in [0.25, 0.3) is 0 Å². The predicted molar refractivity (Wildman–Crippen MR) is 70.5 cm³/mol. The van der Waals surface area contributed by atoms with E-state index < -0.39 is 11.7 Å². The Morgan fingerprint density at radius 3 is 2.60 bits per heavy atom. The standard InChI is InChI=1S/C14H19F3N2O/c1-18-13(10-19-5-7-20-8-6-19)11-3-2-4-12(9-11)14(15,16)17/h2-4,9,13,18H,5-8,10H2,1H3. The zero-order chi connectivity index (χ0) is 14.6. The lowest BCUT2D eigenvalue weighted by Crippen LogP contribution is -2.41. The molecule has 0 amide bonds. The minimum atomic E-state index is -4.30. The highest BCUT2D eigenvalue weighted by molar-refractivity contribution is 5.28. The van der Waals surface area contributed by atoms with Gasteiger partial charge in [-0.05, 0) is 24.7 Å². The number of likely N-dealkylation sites (N-methyl/N-ethyl adjacent to an activating group) is 1. The van der Waals surface area contributed by atoms with Crippen molar-refractivity contribution >= 4 is 0 Å². The Bertz CT molecular complexity index is 431. The van der Waals surface area contributed by atoms with E-state index >= 15 is 0 Å². The maximum absolute atomic E-state index is 12.7. The molecule has 0 aromatic heterocycles. The van der Waals surface area contributed by atoms with Crippen LogP contribution in [-0.2, 0) is 10.9 Å². The Kier molecular flexibility index (Phi) is 5.01. The number of nitrogens with one attached hydrogen (secondary N) is 1. The summed E-state index contributed by atoms with van der Waals surface area (Å²) >= 11 is 0. The summed E-state index contributed by atoms with van der Waals surface area (Å²) in [4.78, 5) is 2.20. The molecule has 0 bridgehead atoms. The molecule has 0 saturated carbocycles. The van der Waals surface area contributed by atoms with Crippen LogP contribution in [0, 0.1) is 0 Å². The Morgan fingerprint density at radius 1 is 1.30 bits per heavy atom. The number of halogens is 3. The Hall–Kier alpha value is -1.11. The van der Waals surface area contributed by atoms with Gasteiger partial charge in [-0.3, -0.25) is 4.90 Å². The molecule has 0 aliphatic carbocycles. The molecule has 6 heteroatoms. The van der Waals surface area contributed by atoms with Crippen LogP contribution in [0.1, 0.15) is 17.2 Å². The fraction of sp³-hybridized carbons (Fsp3) is 0.571. The van der Waals surface area contributed by atoms with Gasteiger partial charge in [0.05, 0.1) is 18.8 Å². The first-order valence-electron chi connectivity index (χ1n) is 6.65. The summed E-state index contributed by atoms with van der Waals surface area (Å²) in [6.45, 7) is 3.67. The summed E-state index contributed by atoms with van der Waals surface area (Å²) in [5, 5.41) is 3.09. The SMILES string of the molecule is CNC(CN1CCOCC1)c1cccc(C(F)(F)F)c1. The Labute approximate surface area is 116 Å². The number of rotatable bonds is 4. The van der Waals surface area contributed by atoms with E-state index in [0.717, 1.165) is 19.2 Å². The smallest absolute Gasteiger partial charge is 0.379 e. The molecule has 1 aliphatic rings. The number of hydrogen-bond acceptors (Lipinski definition) is 3. The third kappa shape index (κ3) is 3.94. The average Bonchev–Trinajstić information content (AvgIpc) is 2.45. The second-order valence-corrected chi connectivity index (χ2v) is 4.88. The number of morpholine rings is 1. The second kappa shape index (κ2) is 6.56. The van der Waals surface area contributed by atoms with Gasteiger partial charge in [0.2, 0.25) is 0 Å². The van der Waals surface area contributed by atoms with E-state index in [4.69, 9.17) is 4.74 Å². The van der Waals surface area contributed by atoms with Crippen molar-refractivity contribution in [3.63, 3.8) is 0 Å². The van der Waals surface area contributed by atoms with Gasteiger partial charge >= 0.3 is 6.18 Å². The summed E-state index contributed by atoms with van der Waals surface area (Å²) in [7, 11) is 1.77. The van der Waals surface area contributed by atoms with Gasteiger partial charge in [0.15, 0.2) is 0 Å². The lowest BCUT2D eigenvalue weighted by atomic mass is 10.0. The molecule has 0 radical (unpaired) electrons. The van der Waals surface area contributed by atoms with Crippen LogP contribution >= 0.6 is 0 Å². The van der Waals surface area contributed by atoms with E-state index in [9.17, 15) is 13.2 Å². The van der Waals surface area contributed by atoms with Crippen molar-refractivity contribution in [2.45, 2.75) is 12.2 Å². The summed E-state index contributed by atoms with van der Waals surface area (Å²) in [5.41, 5.74) is 0.0612. The summed E-state index contributed by atoms with van der Waals surface area (Å²) < 4.78 is 43.5. The topological polar surface area (TPSA) is 24.5 Å². The van der Waals surface area contributed by atoms with Crippen LogP contribution in [0.4, 0.5) is 13.2 Å². The molecule has 1 aromatic carbocycles. The highest BCUT2D eigenvalue weighted by atomic mass is 19.4. The molecule has 1 aromatic rings. The average molecular weight is 288 g/mol. The third-order valence-electron chi connectivity index (χ3n) is 3.51. The van der Waals surface area contributed by atoms with Gasteiger partial charge in [-0.25, -0.2) is 0 Å². The zero-order valence-corrected chi connectivity index (χ0v) is 11.4. The molecule has 1 heterocycles. The highest BCUT2D eigenvalue weighted by Gasteiger charge is 2.31. The molecule has 1 fully saturated rings. The third-order valence-corrected chi connectivity index (χ3v) is 3.51. The van der Waals surface area contributed by atoms with Crippen LogP contribution in [0.15, 0.2) is 24.3 Å². The number of nitrogens with zero attached hydrogens (tertiary/aromatic N) is 1. The van der Waals surface area contributed by atoms with E-state index in [0.29, 0.717) is 25.3 Å². The van der Waals surface area contributed by atoms with Crippen molar-refractivity contribution < 1.29 is 17.9 Å². The number of hydrogen-bond donors (Lipinski definition) is 1. The normalized spacial score (nSPS) is 19.0. The molecule has 2 rings (SSSR count). The monoisotopic (exact) mass is 288 g/mol. The van der Waals surface area contributed by atoms with Gasteiger partial charge in [-0.2, -0.15) is 13.2 Å². The van der Waals surface area contributed by atoms with Crippen molar-refractivity contribution in [3.8, 4) is 0 Å². The summed E-state index contributed by atoms with van der Waals surface area (Å²) in [6, 6.07) is 5.40. The van der Waals surface area contributed by atoms with Gasteiger partial charge in [-0.15, -0.1) is 0 Å². The fourth-order valence-corrected chi connectivity index (χ4v) is 2.34. The Balaban J connectivity index is 2.10. The maximum Gasteiger partial charge on any atom is 0.416 e. The first-order chi connectivity index (χ1) is 9.50. The number of alkyl halides is 3.